The second-order valence-electron chi connectivity index (χ2n) is 6.84. The van der Waals surface area contributed by atoms with E-state index in [9.17, 15) is 4.79 Å². The molecule has 1 fully saturated rings. The van der Waals surface area contributed by atoms with Crippen molar-refractivity contribution in [2.75, 3.05) is 24.6 Å². The molecule has 0 aromatic heterocycles. The maximum Gasteiger partial charge on any atom is 0.265 e. The lowest BCUT2D eigenvalue weighted by Crippen LogP contribution is -2.41. The van der Waals surface area contributed by atoms with Crippen LogP contribution in [0.25, 0.3) is 0 Å². The van der Waals surface area contributed by atoms with Crippen LogP contribution in [0.3, 0.4) is 0 Å². The number of piperidine rings is 1. The summed E-state index contributed by atoms with van der Waals surface area (Å²) in [6.45, 7) is 6.30. The van der Waals surface area contributed by atoms with Crippen LogP contribution in [0.15, 0.2) is 18.2 Å². The first-order chi connectivity index (χ1) is 10.6. The van der Waals surface area contributed by atoms with Crippen LogP contribution in [0, 0.1) is 5.92 Å². The zero-order chi connectivity index (χ0) is 15.5. The van der Waals surface area contributed by atoms with E-state index in [1.807, 2.05) is 11.0 Å². The highest BCUT2D eigenvalue weighted by molar-refractivity contribution is 5.97. The first kappa shape index (κ1) is 15.3. The zero-order valence-electron chi connectivity index (χ0n) is 13.6. The molecule has 1 N–H and O–H groups in total. The Hall–Kier alpha value is -1.55. The summed E-state index contributed by atoms with van der Waals surface area (Å²) in [6.07, 6.45) is 4.86. The lowest BCUT2D eigenvalue weighted by Gasteiger charge is -2.31. The maximum absolute atomic E-state index is 12.2. The summed E-state index contributed by atoms with van der Waals surface area (Å²) in [7, 11) is 0. The number of nitrogens with one attached hydrogen (secondary N) is 1. The molecule has 0 radical (unpaired) electrons. The van der Waals surface area contributed by atoms with Gasteiger partial charge in [0, 0.05) is 12.6 Å². The lowest BCUT2D eigenvalue weighted by atomic mass is 9.97. The van der Waals surface area contributed by atoms with Crippen LogP contribution in [0.5, 0.6) is 5.75 Å². The van der Waals surface area contributed by atoms with Gasteiger partial charge < -0.3 is 15.0 Å². The summed E-state index contributed by atoms with van der Waals surface area (Å²) in [6, 6.07) is 6.86. The molecule has 4 nitrogen and oxygen atoms in total. The summed E-state index contributed by atoms with van der Waals surface area (Å²) in [4.78, 5) is 14.1. The van der Waals surface area contributed by atoms with Crippen molar-refractivity contribution in [1.82, 2.24) is 5.32 Å². The van der Waals surface area contributed by atoms with Crippen LogP contribution in [-0.2, 0) is 11.2 Å². The average molecular weight is 302 g/mol. The van der Waals surface area contributed by atoms with Crippen LogP contribution >= 0.6 is 0 Å². The molecule has 2 aliphatic rings. The van der Waals surface area contributed by atoms with Gasteiger partial charge in [0.05, 0.1) is 5.69 Å². The summed E-state index contributed by atoms with van der Waals surface area (Å²) >= 11 is 0. The zero-order valence-corrected chi connectivity index (χ0v) is 13.6. The Kier molecular flexibility index (Phi) is 4.67. The number of hydrogen-bond donors (Lipinski definition) is 1. The molecule has 0 aliphatic carbocycles. The van der Waals surface area contributed by atoms with Gasteiger partial charge in [0.15, 0.2) is 6.61 Å². The van der Waals surface area contributed by atoms with Gasteiger partial charge in [-0.1, -0.05) is 26.3 Å². The first-order valence-corrected chi connectivity index (χ1v) is 8.43. The molecule has 0 bridgehead atoms. The molecular weight excluding hydrogens is 276 g/mol. The minimum Gasteiger partial charge on any atom is -0.482 e. The third-order valence-electron chi connectivity index (χ3n) is 4.41. The fourth-order valence-corrected chi connectivity index (χ4v) is 3.32. The summed E-state index contributed by atoms with van der Waals surface area (Å²) in [5.74, 6) is 1.34. The molecule has 22 heavy (non-hydrogen) atoms. The molecule has 1 aromatic carbocycles. The monoisotopic (exact) mass is 302 g/mol. The van der Waals surface area contributed by atoms with E-state index in [2.05, 4.69) is 31.3 Å². The van der Waals surface area contributed by atoms with Crippen molar-refractivity contribution < 1.29 is 9.53 Å². The fourth-order valence-electron chi connectivity index (χ4n) is 3.32. The number of carbonyl (C=O) groups excluding carboxylic acids is 1. The minimum atomic E-state index is 0.0640. The van der Waals surface area contributed by atoms with Crippen LogP contribution in [0.4, 0.5) is 5.69 Å². The van der Waals surface area contributed by atoms with E-state index in [0.717, 1.165) is 30.9 Å². The highest BCUT2D eigenvalue weighted by Crippen LogP contribution is 2.34. The molecule has 1 saturated heterocycles. The Morgan fingerprint density at radius 3 is 2.95 bits per heavy atom. The highest BCUT2D eigenvalue weighted by atomic mass is 16.5. The van der Waals surface area contributed by atoms with Crippen molar-refractivity contribution in [3.8, 4) is 5.75 Å². The number of carbonyl (C=O) groups is 1. The standard InChI is InChI=1S/C18H26N2O2/c1-13(2)11-20-16-10-14(9-15-5-3-4-8-19-15)6-7-17(16)22-12-18(20)21/h6-7,10,13,15,19H,3-5,8-9,11-12H2,1-2H3. The molecular formula is C18H26N2O2. The number of nitrogens with zero attached hydrogens (tertiary/aromatic N) is 1. The van der Waals surface area contributed by atoms with E-state index in [4.69, 9.17) is 4.74 Å². The second kappa shape index (κ2) is 6.69. The number of hydrogen-bond acceptors (Lipinski definition) is 3. The van der Waals surface area contributed by atoms with Crippen molar-refractivity contribution in [2.45, 2.75) is 45.6 Å². The third kappa shape index (κ3) is 3.43. The van der Waals surface area contributed by atoms with Crippen molar-refractivity contribution in [3.63, 3.8) is 0 Å². The molecule has 4 heteroatoms. The molecule has 1 atom stereocenters. The molecule has 0 saturated carbocycles. The Morgan fingerprint density at radius 1 is 1.36 bits per heavy atom. The normalized spacial score (nSPS) is 21.7. The van der Waals surface area contributed by atoms with Crippen molar-refractivity contribution in [1.29, 1.82) is 0 Å². The molecule has 1 aromatic rings. The third-order valence-corrected chi connectivity index (χ3v) is 4.41. The fraction of sp³-hybridized carbons (Fsp3) is 0.611. The van der Waals surface area contributed by atoms with Gasteiger partial charge in [-0.2, -0.15) is 0 Å². The topological polar surface area (TPSA) is 41.6 Å². The predicted molar refractivity (Wildman–Crippen MR) is 88.5 cm³/mol. The van der Waals surface area contributed by atoms with Gasteiger partial charge in [-0.15, -0.1) is 0 Å². The van der Waals surface area contributed by atoms with E-state index in [1.54, 1.807) is 0 Å². The maximum atomic E-state index is 12.2. The number of benzene rings is 1. The number of rotatable bonds is 4. The number of anilines is 1. The predicted octanol–water partition coefficient (Wildman–Crippen LogP) is 2.75. The van der Waals surface area contributed by atoms with Crippen LogP contribution < -0.4 is 15.0 Å². The molecule has 1 unspecified atom stereocenters. The van der Waals surface area contributed by atoms with Crippen LogP contribution in [0.2, 0.25) is 0 Å². The summed E-state index contributed by atoms with van der Waals surface area (Å²) in [5, 5.41) is 3.59. The Bertz CT molecular complexity index is 536. The number of fused-ring (bicyclic) bond motifs is 1. The molecule has 2 aliphatic heterocycles. The largest absolute Gasteiger partial charge is 0.482 e. The van der Waals surface area contributed by atoms with Gasteiger partial charge in [0.2, 0.25) is 0 Å². The van der Waals surface area contributed by atoms with E-state index in [1.165, 1.54) is 24.8 Å². The van der Waals surface area contributed by atoms with Gasteiger partial charge in [-0.3, -0.25) is 4.79 Å². The number of ether oxygens (including phenoxy) is 1. The SMILES string of the molecule is CC(C)CN1C(=O)COc2ccc(CC3CCCCN3)cc21. The van der Waals surface area contributed by atoms with Crippen molar-refractivity contribution >= 4 is 11.6 Å². The summed E-state index contributed by atoms with van der Waals surface area (Å²) < 4.78 is 5.59. The Balaban J connectivity index is 1.80. The van der Waals surface area contributed by atoms with Gasteiger partial charge >= 0.3 is 0 Å². The van der Waals surface area contributed by atoms with E-state index in [-0.39, 0.29) is 12.5 Å². The van der Waals surface area contributed by atoms with E-state index >= 15 is 0 Å². The van der Waals surface area contributed by atoms with Crippen molar-refractivity contribution in [2.24, 2.45) is 5.92 Å². The molecule has 1 amide bonds. The van der Waals surface area contributed by atoms with Crippen LogP contribution in [-0.4, -0.2) is 31.6 Å². The smallest absolute Gasteiger partial charge is 0.265 e. The number of amides is 1. The minimum absolute atomic E-state index is 0.0640. The quantitative estimate of drug-likeness (QED) is 0.930. The second-order valence-corrected chi connectivity index (χ2v) is 6.84. The Labute approximate surface area is 132 Å². The molecule has 2 heterocycles. The van der Waals surface area contributed by atoms with Crippen molar-refractivity contribution in [3.05, 3.63) is 23.8 Å². The van der Waals surface area contributed by atoms with Gasteiger partial charge in [0.25, 0.3) is 5.91 Å². The lowest BCUT2D eigenvalue weighted by molar-refractivity contribution is -0.121. The Morgan fingerprint density at radius 2 is 2.23 bits per heavy atom. The summed E-state index contributed by atoms with van der Waals surface area (Å²) in [5.41, 5.74) is 2.23. The average Bonchev–Trinajstić information content (AvgIpc) is 2.51. The molecule has 0 spiro atoms. The van der Waals surface area contributed by atoms with E-state index < -0.39 is 0 Å². The first-order valence-electron chi connectivity index (χ1n) is 8.43. The molecule has 3 rings (SSSR count). The van der Waals surface area contributed by atoms with Gasteiger partial charge in [-0.25, -0.2) is 0 Å². The highest BCUT2D eigenvalue weighted by Gasteiger charge is 2.26. The molecule has 120 valence electrons. The van der Waals surface area contributed by atoms with E-state index in [0.29, 0.717) is 12.0 Å². The van der Waals surface area contributed by atoms with Crippen LogP contribution in [0.1, 0.15) is 38.7 Å². The van der Waals surface area contributed by atoms with Gasteiger partial charge in [0.1, 0.15) is 5.75 Å². The van der Waals surface area contributed by atoms with Gasteiger partial charge in [-0.05, 0) is 49.4 Å².